The average molecular weight is 279 g/mol. The fourth-order valence-electron chi connectivity index (χ4n) is 1.86. The predicted molar refractivity (Wildman–Crippen MR) is 70.4 cm³/mol. The van der Waals surface area contributed by atoms with Gasteiger partial charge in [0, 0.05) is 19.0 Å². The Balaban J connectivity index is 2.33. The van der Waals surface area contributed by atoms with E-state index in [9.17, 15) is 13.2 Å². The third-order valence-electron chi connectivity index (χ3n) is 2.94. The van der Waals surface area contributed by atoms with E-state index in [4.69, 9.17) is 5.26 Å². The van der Waals surface area contributed by atoms with Crippen molar-refractivity contribution in [1.29, 1.82) is 5.26 Å². The summed E-state index contributed by atoms with van der Waals surface area (Å²) in [6, 6.07) is 10.6. The molecule has 0 fully saturated rings. The van der Waals surface area contributed by atoms with Crippen molar-refractivity contribution in [1.82, 2.24) is 4.98 Å². The highest BCUT2D eigenvalue weighted by Crippen LogP contribution is 2.24. The van der Waals surface area contributed by atoms with Crippen molar-refractivity contribution in [3.63, 3.8) is 0 Å². The topological polar surface area (TPSA) is 39.9 Å². The molecule has 0 aliphatic rings. The number of pyridine rings is 1. The van der Waals surface area contributed by atoms with Crippen LogP contribution < -0.4 is 4.90 Å². The smallest absolute Gasteiger partial charge is 0.359 e. The molecule has 2 rings (SSSR count). The second kappa shape index (κ2) is 5.37. The monoisotopic (exact) mass is 279 g/mol. The van der Waals surface area contributed by atoms with Crippen molar-refractivity contribution >= 4 is 16.7 Å². The van der Waals surface area contributed by atoms with Gasteiger partial charge in [0.2, 0.25) is 0 Å². The summed E-state index contributed by atoms with van der Waals surface area (Å²) in [4.78, 5) is 5.70. The Morgan fingerprint density at radius 1 is 1.30 bits per heavy atom. The number of rotatable bonds is 3. The number of para-hydroxylation sites is 1. The molecule has 0 atom stereocenters. The van der Waals surface area contributed by atoms with E-state index in [2.05, 4.69) is 4.98 Å². The number of aromatic nitrogens is 1. The molecule has 0 radical (unpaired) electrons. The maximum absolute atomic E-state index is 12.2. The molecule has 2 aromatic rings. The molecule has 0 saturated carbocycles. The normalized spacial score (nSPS) is 11.3. The third-order valence-corrected chi connectivity index (χ3v) is 2.94. The maximum atomic E-state index is 12.2. The van der Waals surface area contributed by atoms with Gasteiger partial charge in [-0.3, -0.25) is 0 Å². The number of alkyl halides is 3. The second-order valence-corrected chi connectivity index (χ2v) is 4.44. The van der Waals surface area contributed by atoms with Crippen LogP contribution in [0.2, 0.25) is 0 Å². The van der Waals surface area contributed by atoms with Gasteiger partial charge in [-0.15, -0.1) is 0 Å². The van der Waals surface area contributed by atoms with Crippen molar-refractivity contribution in [3.05, 3.63) is 35.9 Å². The quantitative estimate of drug-likeness (QED) is 0.863. The number of hydrogen-bond donors (Lipinski definition) is 0. The lowest BCUT2D eigenvalue weighted by atomic mass is 10.1. The first-order valence-electron chi connectivity index (χ1n) is 5.98. The van der Waals surface area contributed by atoms with E-state index in [1.807, 2.05) is 6.07 Å². The second-order valence-electron chi connectivity index (χ2n) is 4.44. The zero-order valence-electron chi connectivity index (χ0n) is 10.8. The number of hydrogen-bond acceptors (Lipinski definition) is 3. The number of nitrogens with zero attached hydrogens (tertiary/aromatic N) is 3. The SMILES string of the molecule is CN(CCC(F)(F)F)c1cc(C#N)c2ccccc2n1. The van der Waals surface area contributed by atoms with Gasteiger partial charge in [-0.05, 0) is 12.1 Å². The van der Waals surface area contributed by atoms with Gasteiger partial charge in [0.05, 0.1) is 23.6 Å². The minimum absolute atomic E-state index is 0.195. The number of anilines is 1. The molecule has 0 N–H and O–H groups in total. The summed E-state index contributed by atoms with van der Waals surface area (Å²) in [5.74, 6) is 0.365. The molecule has 1 heterocycles. The largest absolute Gasteiger partial charge is 0.390 e. The van der Waals surface area contributed by atoms with Crippen LogP contribution in [-0.2, 0) is 0 Å². The van der Waals surface area contributed by atoms with Gasteiger partial charge in [0.1, 0.15) is 5.82 Å². The van der Waals surface area contributed by atoms with Crippen LogP contribution >= 0.6 is 0 Å². The molecule has 1 aromatic heterocycles. The Labute approximate surface area is 114 Å². The van der Waals surface area contributed by atoms with Gasteiger partial charge in [0.25, 0.3) is 0 Å². The lowest BCUT2D eigenvalue weighted by molar-refractivity contribution is -0.132. The van der Waals surface area contributed by atoms with Gasteiger partial charge < -0.3 is 4.90 Å². The van der Waals surface area contributed by atoms with Crippen molar-refractivity contribution in [2.75, 3.05) is 18.5 Å². The summed E-state index contributed by atoms with van der Waals surface area (Å²) in [6.45, 7) is -0.195. The van der Waals surface area contributed by atoms with Crippen molar-refractivity contribution < 1.29 is 13.2 Å². The Morgan fingerprint density at radius 3 is 2.65 bits per heavy atom. The van der Waals surface area contributed by atoms with E-state index in [1.54, 1.807) is 24.3 Å². The lowest BCUT2D eigenvalue weighted by Gasteiger charge is -2.19. The molecule has 0 bridgehead atoms. The zero-order chi connectivity index (χ0) is 14.8. The highest BCUT2D eigenvalue weighted by atomic mass is 19.4. The molecule has 0 spiro atoms. The van der Waals surface area contributed by atoms with E-state index in [-0.39, 0.29) is 6.54 Å². The number of halogens is 3. The molecule has 6 heteroatoms. The van der Waals surface area contributed by atoms with E-state index in [0.29, 0.717) is 22.3 Å². The fourth-order valence-corrected chi connectivity index (χ4v) is 1.86. The van der Waals surface area contributed by atoms with Gasteiger partial charge in [0.15, 0.2) is 0 Å². The van der Waals surface area contributed by atoms with E-state index in [1.165, 1.54) is 18.0 Å². The number of fused-ring (bicyclic) bond motifs is 1. The van der Waals surface area contributed by atoms with Crippen molar-refractivity contribution in [2.45, 2.75) is 12.6 Å². The van der Waals surface area contributed by atoms with Crippen LogP contribution in [0.1, 0.15) is 12.0 Å². The molecule has 0 aliphatic heterocycles. The number of nitriles is 1. The Bertz CT molecular complexity index is 659. The first-order valence-corrected chi connectivity index (χ1v) is 5.98. The van der Waals surface area contributed by atoms with Gasteiger partial charge in [-0.2, -0.15) is 18.4 Å². The molecular formula is C14H12F3N3. The van der Waals surface area contributed by atoms with Crippen LogP contribution in [0.15, 0.2) is 30.3 Å². The summed E-state index contributed by atoms with van der Waals surface area (Å²) in [5.41, 5.74) is 1.00. The highest BCUT2D eigenvalue weighted by molar-refractivity contribution is 5.86. The summed E-state index contributed by atoms with van der Waals surface area (Å²) >= 11 is 0. The van der Waals surface area contributed by atoms with Crippen LogP contribution in [0.4, 0.5) is 19.0 Å². The van der Waals surface area contributed by atoms with Gasteiger partial charge in [-0.25, -0.2) is 4.98 Å². The van der Waals surface area contributed by atoms with Crippen molar-refractivity contribution in [2.24, 2.45) is 0 Å². The van der Waals surface area contributed by atoms with Crippen LogP contribution in [-0.4, -0.2) is 24.8 Å². The Kier molecular flexibility index (Phi) is 3.79. The van der Waals surface area contributed by atoms with Gasteiger partial charge in [-0.1, -0.05) is 18.2 Å². The minimum Gasteiger partial charge on any atom is -0.359 e. The fraction of sp³-hybridized carbons (Fsp3) is 0.286. The molecule has 0 aliphatic carbocycles. The minimum atomic E-state index is -4.21. The van der Waals surface area contributed by atoms with Crippen LogP contribution in [0.5, 0.6) is 0 Å². The zero-order valence-corrected chi connectivity index (χ0v) is 10.8. The van der Waals surface area contributed by atoms with E-state index >= 15 is 0 Å². The van der Waals surface area contributed by atoms with Crippen LogP contribution in [0.3, 0.4) is 0 Å². The molecule has 0 unspecified atom stereocenters. The van der Waals surface area contributed by atoms with Gasteiger partial charge >= 0.3 is 6.18 Å². The summed E-state index contributed by atoms with van der Waals surface area (Å²) in [7, 11) is 1.53. The summed E-state index contributed by atoms with van der Waals surface area (Å²) in [5, 5.41) is 9.82. The van der Waals surface area contributed by atoms with Crippen molar-refractivity contribution in [3.8, 4) is 6.07 Å². The molecule has 0 amide bonds. The standard InChI is InChI=1S/C14H12F3N3/c1-20(7-6-14(15,16)17)13-8-10(9-18)11-4-2-3-5-12(11)19-13/h2-5,8H,6-7H2,1H3. The summed E-state index contributed by atoms with van der Waals surface area (Å²) in [6.07, 6.45) is -5.12. The lowest BCUT2D eigenvalue weighted by Crippen LogP contribution is -2.24. The first kappa shape index (κ1) is 14.1. The molecule has 104 valence electrons. The highest BCUT2D eigenvalue weighted by Gasteiger charge is 2.27. The molecule has 20 heavy (non-hydrogen) atoms. The third kappa shape index (κ3) is 3.18. The first-order chi connectivity index (χ1) is 9.40. The molecule has 0 saturated heterocycles. The Morgan fingerprint density at radius 2 is 2.00 bits per heavy atom. The molecular weight excluding hydrogens is 267 g/mol. The molecule has 1 aromatic carbocycles. The maximum Gasteiger partial charge on any atom is 0.390 e. The van der Waals surface area contributed by atoms with E-state index in [0.717, 1.165) is 0 Å². The average Bonchev–Trinajstić information content (AvgIpc) is 2.42. The van der Waals surface area contributed by atoms with Crippen LogP contribution in [0.25, 0.3) is 10.9 Å². The Hall–Kier alpha value is -2.29. The predicted octanol–water partition coefficient (Wildman–Crippen LogP) is 3.50. The molecule has 3 nitrogen and oxygen atoms in total. The van der Waals surface area contributed by atoms with E-state index < -0.39 is 12.6 Å². The van der Waals surface area contributed by atoms with Crippen LogP contribution in [0, 0.1) is 11.3 Å². The number of benzene rings is 1. The summed E-state index contributed by atoms with van der Waals surface area (Å²) < 4.78 is 36.7.